The highest BCUT2D eigenvalue weighted by molar-refractivity contribution is 8.00. The number of hydrogen-bond donors (Lipinski definition) is 1. The Morgan fingerprint density at radius 3 is 2.68 bits per heavy atom. The zero-order valence-electron chi connectivity index (χ0n) is 17.8. The van der Waals surface area contributed by atoms with Crippen LogP contribution in [0.4, 0.5) is 17.3 Å². The van der Waals surface area contributed by atoms with Gasteiger partial charge < -0.3 is 14.5 Å². The first-order valence-electron chi connectivity index (χ1n) is 10.8. The number of likely N-dealkylation sites (tertiary alicyclic amines) is 1. The average molecular weight is 430 g/mol. The maximum atomic E-state index is 4.86. The van der Waals surface area contributed by atoms with Crippen molar-refractivity contribution in [1.29, 1.82) is 0 Å². The number of hydrogen-bond acceptors (Lipinski definition) is 6. The van der Waals surface area contributed by atoms with Crippen LogP contribution in [0.15, 0.2) is 72.3 Å². The summed E-state index contributed by atoms with van der Waals surface area (Å²) in [5.74, 6) is 1.29. The molecule has 1 N–H and O–H groups in total. The minimum Gasteiger partial charge on any atom is -0.324 e. The van der Waals surface area contributed by atoms with E-state index in [1.54, 1.807) is 11.9 Å². The Kier molecular flexibility index (Phi) is 5.66. The molecular weight excluding hydrogens is 402 g/mol. The molecule has 0 atom stereocenters. The van der Waals surface area contributed by atoms with E-state index >= 15 is 0 Å². The van der Waals surface area contributed by atoms with E-state index in [1.165, 1.54) is 31.5 Å². The molecule has 6 heteroatoms. The van der Waals surface area contributed by atoms with E-state index in [2.05, 4.69) is 81.7 Å². The van der Waals surface area contributed by atoms with Gasteiger partial charge in [0, 0.05) is 24.0 Å². The predicted octanol–water partition coefficient (Wildman–Crippen LogP) is 5.71. The molecule has 0 bridgehead atoms. The van der Waals surface area contributed by atoms with Crippen molar-refractivity contribution in [3.05, 3.63) is 72.9 Å². The van der Waals surface area contributed by atoms with Crippen LogP contribution in [0.3, 0.4) is 0 Å². The monoisotopic (exact) mass is 429 g/mol. The van der Waals surface area contributed by atoms with Crippen molar-refractivity contribution >= 4 is 29.3 Å². The number of benzene rings is 2. The third kappa shape index (κ3) is 4.18. The van der Waals surface area contributed by atoms with Crippen LogP contribution in [0.2, 0.25) is 0 Å². The SMILES string of the molecule is C=CCN1Sc2cnc(Nc3ccc(C4CCN(C)CC4)cc3)nc2-c2ccccc21. The first kappa shape index (κ1) is 20.1. The lowest BCUT2D eigenvalue weighted by Gasteiger charge is -2.29. The first-order valence-corrected chi connectivity index (χ1v) is 11.6. The summed E-state index contributed by atoms with van der Waals surface area (Å²) in [4.78, 5) is 12.9. The Bertz CT molecular complexity index is 1070. The van der Waals surface area contributed by atoms with Gasteiger partial charge in [-0.3, -0.25) is 0 Å². The molecule has 0 amide bonds. The molecule has 1 fully saturated rings. The lowest BCUT2D eigenvalue weighted by molar-refractivity contribution is 0.255. The van der Waals surface area contributed by atoms with E-state index in [-0.39, 0.29) is 0 Å². The molecule has 5 rings (SSSR count). The second-order valence-corrected chi connectivity index (χ2v) is 9.25. The van der Waals surface area contributed by atoms with Gasteiger partial charge in [0.2, 0.25) is 5.95 Å². The summed E-state index contributed by atoms with van der Waals surface area (Å²) in [6, 6.07) is 17.2. The number of piperidine rings is 1. The van der Waals surface area contributed by atoms with Crippen LogP contribution in [0.25, 0.3) is 11.3 Å². The Morgan fingerprint density at radius 2 is 1.90 bits per heavy atom. The molecule has 2 aromatic carbocycles. The van der Waals surface area contributed by atoms with E-state index in [1.807, 2.05) is 12.3 Å². The van der Waals surface area contributed by atoms with Gasteiger partial charge in [0.25, 0.3) is 0 Å². The van der Waals surface area contributed by atoms with Crippen molar-refractivity contribution in [3.63, 3.8) is 0 Å². The molecule has 0 aliphatic carbocycles. The van der Waals surface area contributed by atoms with E-state index in [0.717, 1.165) is 34.1 Å². The van der Waals surface area contributed by atoms with Gasteiger partial charge >= 0.3 is 0 Å². The van der Waals surface area contributed by atoms with Gasteiger partial charge in [0.05, 0.1) is 16.3 Å². The van der Waals surface area contributed by atoms with Gasteiger partial charge in [-0.15, -0.1) is 6.58 Å². The number of nitrogens with one attached hydrogen (secondary N) is 1. The van der Waals surface area contributed by atoms with Gasteiger partial charge in [-0.05, 0) is 74.6 Å². The summed E-state index contributed by atoms with van der Waals surface area (Å²) < 4.78 is 2.23. The summed E-state index contributed by atoms with van der Waals surface area (Å²) in [5, 5.41) is 3.39. The largest absolute Gasteiger partial charge is 0.324 e. The van der Waals surface area contributed by atoms with Crippen LogP contribution >= 0.6 is 11.9 Å². The average Bonchev–Trinajstić information content (AvgIpc) is 2.81. The first-order chi connectivity index (χ1) is 15.2. The Balaban J connectivity index is 1.36. The standard InChI is InChI=1S/C25H27N5S/c1-3-14-30-22-7-5-4-6-21(22)24-23(31-30)17-26-25(28-24)27-20-10-8-18(9-11-20)19-12-15-29(2)16-13-19/h3-11,17,19H,1,12-16H2,2H3,(H,26,27,28). The minimum atomic E-state index is 0.623. The lowest BCUT2D eigenvalue weighted by Crippen LogP contribution is -2.29. The highest BCUT2D eigenvalue weighted by atomic mass is 32.2. The number of nitrogens with zero attached hydrogens (tertiary/aromatic N) is 4. The molecule has 0 radical (unpaired) electrons. The van der Waals surface area contributed by atoms with Crippen LogP contribution in [-0.2, 0) is 0 Å². The number of aromatic nitrogens is 2. The third-order valence-electron chi connectivity index (χ3n) is 6.04. The molecular formula is C25H27N5S. The Labute approximate surface area is 188 Å². The van der Waals surface area contributed by atoms with Crippen molar-refractivity contribution in [1.82, 2.24) is 14.9 Å². The van der Waals surface area contributed by atoms with E-state index in [0.29, 0.717) is 11.9 Å². The van der Waals surface area contributed by atoms with Crippen molar-refractivity contribution in [2.24, 2.45) is 0 Å². The molecule has 5 nitrogen and oxygen atoms in total. The summed E-state index contributed by atoms with van der Waals surface area (Å²) in [6.45, 7) is 7.01. The van der Waals surface area contributed by atoms with Crippen LogP contribution in [0.1, 0.15) is 24.3 Å². The number of anilines is 3. The maximum absolute atomic E-state index is 4.86. The summed E-state index contributed by atoms with van der Waals surface area (Å²) in [5.41, 5.74) is 5.70. The molecule has 31 heavy (non-hydrogen) atoms. The smallest absolute Gasteiger partial charge is 0.227 e. The molecule has 2 aliphatic rings. The molecule has 3 heterocycles. The summed E-state index contributed by atoms with van der Waals surface area (Å²) in [7, 11) is 2.20. The molecule has 1 aromatic heterocycles. The van der Waals surface area contributed by atoms with Crippen LogP contribution < -0.4 is 9.62 Å². The van der Waals surface area contributed by atoms with Crippen molar-refractivity contribution in [2.75, 3.05) is 36.3 Å². The van der Waals surface area contributed by atoms with Crippen molar-refractivity contribution in [3.8, 4) is 11.3 Å². The molecule has 2 aliphatic heterocycles. The van der Waals surface area contributed by atoms with Gasteiger partial charge in [0.15, 0.2) is 0 Å². The fourth-order valence-corrected chi connectivity index (χ4v) is 5.33. The molecule has 0 saturated carbocycles. The highest BCUT2D eigenvalue weighted by Gasteiger charge is 2.24. The molecule has 0 spiro atoms. The zero-order valence-corrected chi connectivity index (χ0v) is 18.6. The summed E-state index contributed by atoms with van der Waals surface area (Å²) in [6.07, 6.45) is 6.30. The van der Waals surface area contributed by atoms with Crippen LogP contribution in [0.5, 0.6) is 0 Å². The quantitative estimate of drug-likeness (QED) is 0.414. The van der Waals surface area contributed by atoms with Crippen LogP contribution in [-0.4, -0.2) is 41.5 Å². The fraction of sp³-hybridized carbons (Fsp3) is 0.280. The number of fused-ring (bicyclic) bond motifs is 3. The van der Waals surface area contributed by atoms with Gasteiger partial charge in [-0.25, -0.2) is 9.97 Å². The van der Waals surface area contributed by atoms with Crippen molar-refractivity contribution in [2.45, 2.75) is 23.7 Å². The Hall–Kier alpha value is -2.83. The molecule has 3 aromatic rings. The highest BCUT2D eigenvalue weighted by Crippen LogP contribution is 2.45. The van der Waals surface area contributed by atoms with Gasteiger partial charge in [-0.1, -0.05) is 36.4 Å². The molecule has 158 valence electrons. The van der Waals surface area contributed by atoms with Crippen molar-refractivity contribution < 1.29 is 0 Å². The zero-order chi connectivity index (χ0) is 21.2. The van der Waals surface area contributed by atoms with E-state index in [9.17, 15) is 0 Å². The number of para-hydroxylation sites is 1. The van der Waals surface area contributed by atoms with E-state index < -0.39 is 0 Å². The minimum absolute atomic E-state index is 0.623. The molecule has 0 unspecified atom stereocenters. The van der Waals surface area contributed by atoms with E-state index in [4.69, 9.17) is 4.98 Å². The number of rotatable bonds is 5. The summed E-state index contributed by atoms with van der Waals surface area (Å²) >= 11 is 1.66. The van der Waals surface area contributed by atoms with Gasteiger partial charge in [-0.2, -0.15) is 0 Å². The molecule has 1 saturated heterocycles. The topological polar surface area (TPSA) is 44.3 Å². The van der Waals surface area contributed by atoms with Gasteiger partial charge in [0.1, 0.15) is 0 Å². The third-order valence-corrected chi connectivity index (χ3v) is 7.10. The normalized spacial score (nSPS) is 16.5. The second-order valence-electron chi connectivity index (χ2n) is 8.19. The predicted molar refractivity (Wildman–Crippen MR) is 130 cm³/mol. The van der Waals surface area contributed by atoms with Crippen LogP contribution in [0, 0.1) is 0 Å². The second kappa shape index (κ2) is 8.73. The maximum Gasteiger partial charge on any atom is 0.227 e. The Morgan fingerprint density at radius 1 is 1.13 bits per heavy atom. The lowest BCUT2D eigenvalue weighted by atomic mass is 9.89. The fourth-order valence-electron chi connectivity index (χ4n) is 4.31.